The molecule has 19 heavy (non-hydrogen) atoms. The van der Waals surface area contributed by atoms with Crippen LogP contribution in [-0.4, -0.2) is 0 Å². The molecule has 100 valence electrons. The number of benzene rings is 2. The van der Waals surface area contributed by atoms with Gasteiger partial charge in [0.05, 0.1) is 0 Å². The Morgan fingerprint density at radius 2 is 1.89 bits per heavy atom. The van der Waals surface area contributed by atoms with Gasteiger partial charge in [0.1, 0.15) is 11.6 Å². The van der Waals surface area contributed by atoms with Gasteiger partial charge in [0, 0.05) is 15.5 Å². The molecule has 5 heteroatoms. The van der Waals surface area contributed by atoms with Gasteiger partial charge in [-0.3, -0.25) is 0 Å². The van der Waals surface area contributed by atoms with Gasteiger partial charge in [-0.2, -0.15) is 0 Å². The zero-order chi connectivity index (χ0) is 14.0. The SMILES string of the molecule is NC(Cc1cc(Cl)ccc1F)c1cc(F)ccc1Br. The average molecular weight is 347 g/mol. The zero-order valence-electron chi connectivity index (χ0n) is 9.84. The lowest BCUT2D eigenvalue weighted by Crippen LogP contribution is -2.15. The molecule has 0 heterocycles. The Morgan fingerprint density at radius 1 is 1.16 bits per heavy atom. The second kappa shape index (κ2) is 5.99. The highest BCUT2D eigenvalue weighted by atomic mass is 79.9. The van der Waals surface area contributed by atoms with Crippen LogP contribution in [0.25, 0.3) is 0 Å². The van der Waals surface area contributed by atoms with Crippen LogP contribution in [0.5, 0.6) is 0 Å². The van der Waals surface area contributed by atoms with Crippen LogP contribution in [0.2, 0.25) is 5.02 Å². The summed E-state index contributed by atoms with van der Waals surface area (Å²) < 4.78 is 27.5. The summed E-state index contributed by atoms with van der Waals surface area (Å²) in [6, 6.07) is 8.05. The highest BCUT2D eigenvalue weighted by Crippen LogP contribution is 2.27. The van der Waals surface area contributed by atoms with E-state index in [-0.39, 0.29) is 18.1 Å². The van der Waals surface area contributed by atoms with Gasteiger partial charge < -0.3 is 5.73 Å². The van der Waals surface area contributed by atoms with Gasteiger partial charge >= 0.3 is 0 Å². The van der Waals surface area contributed by atoms with E-state index in [1.54, 1.807) is 6.07 Å². The van der Waals surface area contributed by atoms with Crippen molar-refractivity contribution < 1.29 is 8.78 Å². The maximum Gasteiger partial charge on any atom is 0.126 e. The fourth-order valence-electron chi connectivity index (χ4n) is 1.85. The Labute approximate surface area is 123 Å². The third kappa shape index (κ3) is 3.53. The maximum atomic E-state index is 13.6. The van der Waals surface area contributed by atoms with Crippen LogP contribution in [0.1, 0.15) is 17.2 Å². The van der Waals surface area contributed by atoms with Crippen molar-refractivity contribution in [2.75, 3.05) is 0 Å². The molecule has 0 amide bonds. The third-order valence-electron chi connectivity index (χ3n) is 2.81. The Kier molecular flexibility index (Phi) is 4.55. The van der Waals surface area contributed by atoms with Crippen molar-refractivity contribution in [2.45, 2.75) is 12.5 Å². The molecular formula is C14H11BrClF2N. The van der Waals surface area contributed by atoms with Crippen molar-refractivity contribution in [3.05, 3.63) is 68.7 Å². The van der Waals surface area contributed by atoms with Crippen LogP contribution < -0.4 is 5.73 Å². The highest BCUT2D eigenvalue weighted by molar-refractivity contribution is 9.10. The Balaban J connectivity index is 2.27. The number of halogens is 4. The molecule has 1 atom stereocenters. The third-order valence-corrected chi connectivity index (χ3v) is 3.76. The van der Waals surface area contributed by atoms with E-state index < -0.39 is 6.04 Å². The van der Waals surface area contributed by atoms with Gasteiger partial charge in [-0.25, -0.2) is 8.78 Å². The zero-order valence-corrected chi connectivity index (χ0v) is 12.2. The molecule has 0 spiro atoms. The minimum Gasteiger partial charge on any atom is -0.324 e. The molecule has 1 nitrogen and oxygen atoms in total. The van der Waals surface area contributed by atoms with Crippen LogP contribution in [-0.2, 0) is 6.42 Å². The topological polar surface area (TPSA) is 26.0 Å². The second-order valence-corrected chi connectivity index (χ2v) is 5.50. The van der Waals surface area contributed by atoms with E-state index in [1.807, 2.05) is 0 Å². The summed E-state index contributed by atoms with van der Waals surface area (Å²) in [6.45, 7) is 0. The first-order valence-electron chi connectivity index (χ1n) is 5.62. The lowest BCUT2D eigenvalue weighted by molar-refractivity contribution is 0.588. The minimum absolute atomic E-state index is 0.244. The predicted octanol–water partition coefficient (Wildman–Crippen LogP) is 4.62. The predicted molar refractivity (Wildman–Crippen MR) is 76.1 cm³/mol. The quantitative estimate of drug-likeness (QED) is 0.862. The lowest BCUT2D eigenvalue weighted by Gasteiger charge is -2.15. The van der Waals surface area contributed by atoms with Crippen LogP contribution in [0.4, 0.5) is 8.78 Å². The first-order valence-corrected chi connectivity index (χ1v) is 6.79. The highest BCUT2D eigenvalue weighted by Gasteiger charge is 2.14. The molecule has 0 fully saturated rings. The molecule has 0 aliphatic rings. The van der Waals surface area contributed by atoms with Crippen molar-refractivity contribution in [1.82, 2.24) is 0 Å². The van der Waals surface area contributed by atoms with Crippen molar-refractivity contribution >= 4 is 27.5 Å². The monoisotopic (exact) mass is 345 g/mol. The molecule has 1 unspecified atom stereocenters. The lowest BCUT2D eigenvalue weighted by atomic mass is 9.99. The van der Waals surface area contributed by atoms with Crippen molar-refractivity contribution in [2.24, 2.45) is 5.73 Å². The van der Waals surface area contributed by atoms with Crippen LogP contribution in [0.15, 0.2) is 40.9 Å². The first kappa shape index (κ1) is 14.4. The van der Waals surface area contributed by atoms with Gasteiger partial charge in [0.25, 0.3) is 0 Å². The van der Waals surface area contributed by atoms with Crippen molar-refractivity contribution in [3.8, 4) is 0 Å². The summed E-state index contributed by atoms with van der Waals surface area (Å²) in [5.41, 5.74) is 7.02. The fraction of sp³-hybridized carbons (Fsp3) is 0.143. The Hall–Kier alpha value is -0.970. The molecule has 2 rings (SSSR count). The Morgan fingerprint density at radius 3 is 2.63 bits per heavy atom. The van der Waals surface area contributed by atoms with Crippen LogP contribution in [0, 0.1) is 11.6 Å². The van der Waals surface area contributed by atoms with Gasteiger partial charge in [-0.15, -0.1) is 0 Å². The first-order chi connectivity index (χ1) is 8.97. The van der Waals surface area contributed by atoms with Gasteiger partial charge in [-0.05, 0) is 53.9 Å². The molecule has 0 aliphatic carbocycles. The molecule has 0 aliphatic heterocycles. The van der Waals surface area contributed by atoms with E-state index in [1.165, 1.54) is 30.3 Å². The number of hydrogen-bond donors (Lipinski definition) is 1. The average Bonchev–Trinajstić information content (AvgIpc) is 2.36. The summed E-state index contributed by atoms with van der Waals surface area (Å²) in [7, 11) is 0. The molecule has 2 N–H and O–H groups in total. The smallest absolute Gasteiger partial charge is 0.126 e. The molecule has 0 radical (unpaired) electrons. The summed E-state index contributed by atoms with van der Waals surface area (Å²) in [6.07, 6.45) is 0.244. The summed E-state index contributed by atoms with van der Waals surface area (Å²) in [5.74, 6) is -0.743. The summed E-state index contributed by atoms with van der Waals surface area (Å²) in [4.78, 5) is 0. The molecule has 2 aromatic rings. The molecule has 0 saturated carbocycles. The van der Waals surface area contributed by atoms with E-state index in [9.17, 15) is 8.78 Å². The van der Waals surface area contributed by atoms with Gasteiger partial charge in [-0.1, -0.05) is 27.5 Å². The van der Waals surface area contributed by atoms with Crippen LogP contribution >= 0.6 is 27.5 Å². The molecule has 0 aromatic heterocycles. The standard InChI is InChI=1S/C14H11BrClF2N/c15-12-3-2-10(17)7-11(12)14(19)6-8-5-9(16)1-4-13(8)18/h1-5,7,14H,6,19H2. The minimum atomic E-state index is -0.516. The van der Waals surface area contributed by atoms with E-state index in [2.05, 4.69) is 15.9 Å². The molecule has 0 bridgehead atoms. The number of hydrogen-bond acceptors (Lipinski definition) is 1. The molecule has 2 aromatic carbocycles. The van der Waals surface area contributed by atoms with Gasteiger partial charge in [0.15, 0.2) is 0 Å². The molecular weight excluding hydrogens is 336 g/mol. The van der Waals surface area contributed by atoms with Crippen molar-refractivity contribution in [3.63, 3.8) is 0 Å². The van der Waals surface area contributed by atoms with Gasteiger partial charge in [0.2, 0.25) is 0 Å². The summed E-state index contributed by atoms with van der Waals surface area (Å²) in [5, 5.41) is 0.446. The summed E-state index contributed by atoms with van der Waals surface area (Å²) >= 11 is 9.14. The number of nitrogens with two attached hydrogens (primary N) is 1. The van der Waals surface area contributed by atoms with E-state index >= 15 is 0 Å². The Bertz CT molecular complexity index is 604. The largest absolute Gasteiger partial charge is 0.324 e. The fourth-order valence-corrected chi connectivity index (χ4v) is 2.58. The second-order valence-electron chi connectivity index (χ2n) is 4.21. The van der Waals surface area contributed by atoms with E-state index in [0.29, 0.717) is 20.6 Å². The number of rotatable bonds is 3. The van der Waals surface area contributed by atoms with Crippen molar-refractivity contribution in [1.29, 1.82) is 0 Å². The normalized spacial score (nSPS) is 12.5. The molecule has 0 saturated heterocycles. The van der Waals surface area contributed by atoms with E-state index in [4.69, 9.17) is 17.3 Å². The van der Waals surface area contributed by atoms with E-state index in [0.717, 1.165) is 0 Å². The van der Waals surface area contributed by atoms with Crippen LogP contribution in [0.3, 0.4) is 0 Å². The maximum absolute atomic E-state index is 13.6.